The van der Waals surface area contributed by atoms with E-state index >= 15 is 0 Å². The number of hydrogen-bond donors (Lipinski definition) is 2. The van der Waals surface area contributed by atoms with Crippen molar-refractivity contribution in [3.05, 3.63) is 48.8 Å². The first kappa shape index (κ1) is 12.5. The van der Waals surface area contributed by atoms with E-state index in [0.29, 0.717) is 4.80 Å². The standard InChI is InChI=1S/C9H5N7O5/c17-9-7(13-18)8(10-11-9)14-12-5-2-1-4(16(20)21)3-6(5)15(14)19/h1-3H,(H2,10,11,17). The fourth-order valence-electron chi connectivity index (χ4n) is 1.82. The number of nitro groups is 1. The van der Waals surface area contributed by atoms with Crippen LogP contribution in [0.5, 0.6) is 0 Å². The van der Waals surface area contributed by atoms with Crippen LogP contribution in [0.4, 0.5) is 11.4 Å². The number of rotatable bonds is 3. The number of non-ortho nitro benzene ring substituents is 1. The number of H-pyrrole nitrogens is 2. The first-order valence-corrected chi connectivity index (χ1v) is 5.44. The largest absolute Gasteiger partial charge is 0.692 e. The topological polar surface area (TPSA) is 166 Å². The summed E-state index contributed by atoms with van der Waals surface area (Å²) in [6, 6.07) is 3.49. The van der Waals surface area contributed by atoms with Crippen molar-refractivity contribution in [2.75, 3.05) is 0 Å². The highest BCUT2D eigenvalue weighted by Gasteiger charge is 2.24. The number of hydrogen-bond acceptors (Lipinski definition) is 7. The predicted octanol–water partition coefficient (Wildman–Crippen LogP) is -0.0186. The molecule has 0 atom stereocenters. The van der Waals surface area contributed by atoms with E-state index in [0.717, 1.165) is 6.07 Å². The Morgan fingerprint density at radius 2 is 2.14 bits per heavy atom. The van der Waals surface area contributed by atoms with Gasteiger partial charge in [-0.1, -0.05) is 0 Å². The minimum absolute atomic E-state index is 0.0944. The molecule has 0 aliphatic heterocycles. The van der Waals surface area contributed by atoms with Crippen LogP contribution in [0.3, 0.4) is 0 Å². The van der Waals surface area contributed by atoms with Crippen molar-refractivity contribution in [2.45, 2.75) is 0 Å². The van der Waals surface area contributed by atoms with E-state index in [2.05, 4.69) is 20.5 Å². The summed E-state index contributed by atoms with van der Waals surface area (Å²) in [5.41, 5.74) is -1.60. The lowest BCUT2D eigenvalue weighted by Crippen LogP contribution is -2.37. The number of aromatic nitrogens is 5. The fraction of sp³-hybridized carbons (Fsp3) is 0. The minimum atomic E-state index is -0.814. The van der Waals surface area contributed by atoms with Crippen LogP contribution >= 0.6 is 0 Å². The molecule has 0 saturated heterocycles. The SMILES string of the molecule is O=Nc1c(-n2nc3ccc([N+](=O)[O-])cc3[n+]2[O-])[nH][nH]c1=O. The second-order valence-electron chi connectivity index (χ2n) is 3.96. The van der Waals surface area contributed by atoms with Crippen LogP contribution in [0.2, 0.25) is 0 Å². The minimum Gasteiger partial charge on any atom is -0.692 e. The molecule has 0 spiro atoms. The Morgan fingerprint density at radius 1 is 1.38 bits per heavy atom. The highest BCUT2D eigenvalue weighted by Crippen LogP contribution is 2.19. The summed E-state index contributed by atoms with van der Waals surface area (Å²) in [5.74, 6) is -0.260. The maximum absolute atomic E-state index is 12.1. The molecule has 0 fully saturated rings. The van der Waals surface area contributed by atoms with E-state index in [4.69, 9.17) is 0 Å². The number of fused-ring (bicyclic) bond motifs is 1. The van der Waals surface area contributed by atoms with E-state index in [1.165, 1.54) is 12.1 Å². The van der Waals surface area contributed by atoms with E-state index < -0.39 is 16.2 Å². The van der Waals surface area contributed by atoms with E-state index in [1.807, 2.05) is 0 Å². The fourth-order valence-corrected chi connectivity index (χ4v) is 1.82. The summed E-state index contributed by atoms with van der Waals surface area (Å²) in [5, 5.41) is 33.6. The molecular formula is C9H5N7O5. The van der Waals surface area contributed by atoms with Crippen LogP contribution in [-0.2, 0) is 0 Å². The molecule has 21 heavy (non-hydrogen) atoms. The lowest BCUT2D eigenvalue weighted by Gasteiger charge is -2.01. The maximum Gasteiger partial charge on any atom is 0.296 e. The lowest BCUT2D eigenvalue weighted by molar-refractivity contribution is -0.665. The van der Waals surface area contributed by atoms with Crippen LogP contribution < -0.4 is 10.4 Å². The smallest absolute Gasteiger partial charge is 0.296 e. The average molecular weight is 291 g/mol. The molecule has 0 bridgehead atoms. The summed E-state index contributed by atoms with van der Waals surface area (Å²) in [7, 11) is 0. The number of aromatic amines is 2. The summed E-state index contributed by atoms with van der Waals surface area (Å²) in [6.45, 7) is 0. The van der Waals surface area contributed by atoms with Gasteiger partial charge < -0.3 is 5.21 Å². The summed E-state index contributed by atoms with van der Waals surface area (Å²) in [4.78, 5) is 32.8. The van der Waals surface area contributed by atoms with Crippen LogP contribution in [0.15, 0.2) is 28.2 Å². The van der Waals surface area contributed by atoms with Crippen molar-refractivity contribution in [1.82, 2.24) is 20.1 Å². The van der Waals surface area contributed by atoms with Crippen LogP contribution in [0.1, 0.15) is 0 Å². The molecule has 0 unspecified atom stereocenters. The Morgan fingerprint density at radius 3 is 2.81 bits per heavy atom. The maximum atomic E-state index is 12.1. The van der Waals surface area contributed by atoms with Crippen molar-refractivity contribution < 1.29 is 9.77 Å². The van der Waals surface area contributed by atoms with Crippen LogP contribution in [0.25, 0.3) is 16.9 Å². The van der Waals surface area contributed by atoms with Gasteiger partial charge in [-0.25, -0.2) is 0 Å². The van der Waals surface area contributed by atoms with Gasteiger partial charge in [0.15, 0.2) is 0 Å². The van der Waals surface area contributed by atoms with E-state index in [-0.39, 0.29) is 27.4 Å². The lowest BCUT2D eigenvalue weighted by atomic mass is 10.3. The van der Waals surface area contributed by atoms with Gasteiger partial charge in [-0.2, -0.15) is 0 Å². The molecule has 0 saturated carbocycles. The molecule has 0 aliphatic carbocycles. The summed E-state index contributed by atoms with van der Waals surface area (Å²) in [6.07, 6.45) is 0. The first-order valence-electron chi connectivity index (χ1n) is 5.44. The Hall–Kier alpha value is -3.57. The molecule has 3 rings (SSSR count). The second kappa shape index (κ2) is 4.22. The van der Waals surface area contributed by atoms with Crippen molar-refractivity contribution in [3.63, 3.8) is 0 Å². The molecule has 2 aromatic heterocycles. The number of nitrogens with zero attached hydrogens (tertiary/aromatic N) is 5. The number of nitroso groups, excluding NO2 is 1. The van der Waals surface area contributed by atoms with Crippen LogP contribution in [-0.4, -0.2) is 25.0 Å². The Balaban J connectivity index is 2.29. The molecule has 2 N–H and O–H groups in total. The molecule has 106 valence electrons. The Labute approximate surface area is 113 Å². The van der Waals surface area contributed by atoms with Crippen molar-refractivity contribution >= 4 is 22.4 Å². The molecule has 0 amide bonds. The van der Waals surface area contributed by atoms with Crippen LogP contribution in [0, 0.1) is 20.2 Å². The third kappa shape index (κ3) is 1.73. The van der Waals surface area contributed by atoms with Gasteiger partial charge in [0, 0.05) is 16.9 Å². The zero-order chi connectivity index (χ0) is 15.1. The molecule has 0 radical (unpaired) electrons. The number of nitro benzene ring substituents is 1. The quantitative estimate of drug-likeness (QED) is 0.226. The molecular weight excluding hydrogens is 286 g/mol. The van der Waals surface area contributed by atoms with Gasteiger partial charge in [0.25, 0.3) is 16.8 Å². The molecule has 12 nitrogen and oxygen atoms in total. The number of nitrogens with one attached hydrogen (secondary N) is 2. The van der Waals surface area contributed by atoms with E-state index in [1.54, 1.807) is 0 Å². The van der Waals surface area contributed by atoms with Gasteiger partial charge in [0.05, 0.1) is 16.1 Å². The molecule has 2 heterocycles. The Bertz CT molecular complexity index is 936. The third-order valence-corrected chi connectivity index (χ3v) is 2.78. The zero-order valence-electron chi connectivity index (χ0n) is 10.0. The zero-order valence-corrected chi connectivity index (χ0v) is 10.0. The van der Waals surface area contributed by atoms with Gasteiger partial charge >= 0.3 is 0 Å². The van der Waals surface area contributed by atoms with Gasteiger partial charge in [0.2, 0.25) is 17.0 Å². The van der Waals surface area contributed by atoms with Crippen molar-refractivity contribution in [1.29, 1.82) is 0 Å². The summed E-state index contributed by atoms with van der Waals surface area (Å²) < 4.78 is 0. The average Bonchev–Trinajstić information content (AvgIpc) is 2.99. The van der Waals surface area contributed by atoms with Gasteiger partial charge in [-0.15, -0.1) is 9.75 Å². The third-order valence-electron chi connectivity index (χ3n) is 2.78. The first-order chi connectivity index (χ1) is 10.0. The van der Waals surface area contributed by atoms with Gasteiger partial charge in [0.1, 0.15) is 0 Å². The normalized spacial score (nSPS) is 10.9. The van der Waals surface area contributed by atoms with E-state index in [9.17, 15) is 25.0 Å². The number of benzene rings is 1. The van der Waals surface area contributed by atoms with Crippen molar-refractivity contribution in [3.8, 4) is 5.82 Å². The van der Waals surface area contributed by atoms with Gasteiger partial charge in [-0.3, -0.25) is 25.1 Å². The Kier molecular flexibility index (Phi) is 2.51. The van der Waals surface area contributed by atoms with Gasteiger partial charge in [-0.05, 0) is 5.18 Å². The monoisotopic (exact) mass is 291 g/mol. The van der Waals surface area contributed by atoms with Crippen molar-refractivity contribution in [2.24, 2.45) is 5.18 Å². The molecule has 0 aliphatic rings. The molecule has 1 aromatic carbocycles. The predicted molar refractivity (Wildman–Crippen MR) is 67.1 cm³/mol. The second-order valence-corrected chi connectivity index (χ2v) is 3.96. The highest BCUT2D eigenvalue weighted by molar-refractivity contribution is 5.74. The molecule has 12 heteroatoms. The highest BCUT2D eigenvalue weighted by atomic mass is 16.6. The molecule has 3 aromatic rings. The summed E-state index contributed by atoms with van der Waals surface area (Å²) >= 11 is 0.